The number of para-hydroxylation sites is 1. The first-order valence-corrected chi connectivity index (χ1v) is 13.4. The molecule has 3 N–H and O–H groups in total. The molecule has 2 atom stereocenters. The Labute approximate surface area is 221 Å². The van der Waals surface area contributed by atoms with Crippen molar-refractivity contribution < 1.29 is 0 Å². The number of nitrogens with zero attached hydrogens (tertiary/aromatic N) is 1. The molecule has 5 aromatic carbocycles. The van der Waals surface area contributed by atoms with Gasteiger partial charge in [0.25, 0.3) is 0 Å². The molecular formula is C34H28N4. The number of hydrazine groups is 1. The van der Waals surface area contributed by atoms with E-state index in [-0.39, 0.29) is 12.3 Å². The number of benzene rings is 5. The van der Waals surface area contributed by atoms with E-state index in [1.165, 1.54) is 60.5 Å². The quantitative estimate of drug-likeness (QED) is 0.249. The van der Waals surface area contributed by atoms with Gasteiger partial charge in [-0.15, -0.1) is 0 Å². The molecule has 4 nitrogen and oxygen atoms in total. The van der Waals surface area contributed by atoms with Gasteiger partial charge in [-0.1, -0.05) is 84.9 Å². The molecule has 0 spiro atoms. The molecule has 1 saturated heterocycles. The normalized spacial score (nSPS) is 19.2. The summed E-state index contributed by atoms with van der Waals surface area (Å²) in [6.45, 7) is 0. The zero-order valence-electron chi connectivity index (χ0n) is 21.0. The molecule has 0 bridgehead atoms. The maximum Gasteiger partial charge on any atom is 0.0978 e. The fourth-order valence-corrected chi connectivity index (χ4v) is 6.24. The minimum atomic E-state index is 0.0993. The van der Waals surface area contributed by atoms with Crippen LogP contribution in [0.25, 0.3) is 44.3 Å². The van der Waals surface area contributed by atoms with Gasteiger partial charge in [-0.3, -0.25) is 5.32 Å². The summed E-state index contributed by atoms with van der Waals surface area (Å²) in [5.41, 5.74) is 15.9. The van der Waals surface area contributed by atoms with Crippen LogP contribution in [0, 0.1) is 0 Å². The second-order valence-electron chi connectivity index (χ2n) is 10.4. The van der Waals surface area contributed by atoms with E-state index in [2.05, 4.69) is 136 Å². The van der Waals surface area contributed by atoms with E-state index in [9.17, 15) is 0 Å². The maximum absolute atomic E-state index is 3.72. The van der Waals surface area contributed by atoms with E-state index in [0.717, 1.165) is 12.8 Å². The Kier molecular flexibility index (Phi) is 4.98. The highest BCUT2D eigenvalue weighted by molar-refractivity contribution is 6.13. The lowest BCUT2D eigenvalue weighted by Crippen LogP contribution is -2.36. The lowest BCUT2D eigenvalue weighted by molar-refractivity contribution is 0.555. The fourth-order valence-electron chi connectivity index (χ4n) is 6.24. The first kappa shape index (κ1) is 21.8. The van der Waals surface area contributed by atoms with Crippen molar-refractivity contribution in [3.63, 3.8) is 0 Å². The average molecular weight is 493 g/mol. The van der Waals surface area contributed by atoms with Crippen LogP contribution in [-0.2, 0) is 6.42 Å². The summed E-state index contributed by atoms with van der Waals surface area (Å²) < 4.78 is 2.43. The Bertz CT molecular complexity index is 1860. The smallest absolute Gasteiger partial charge is 0.0978 e. The van der Waals surface area contributed by atoms with E-state index in [1.54, 1.807) is 0 Å². The molecule has 0 amide bonds. The van der Waals surface area contributed by atoms with Crippen LogP contribution in [-0.4, -0.2) is 10.7 Å². The largest absolute Gasteiger partial charge is 0.309 e. The molecule has 6 aromatic rings. The molecule has 1 aliphatic carbocycles. The zero-order valence-corrected chi connectivity index (χ0v) is 21.0. The van der Waals surface area contributed by atoms with Crippen LogP contribution in [0.1, 0.15) is 29.3 Å². The van der Waals surface area contributed by atoms with Crippen LogP contribution >= 0.6 is 0 Å². The SMILES string of the molecule is C1=C(C2NNC(c3ccccc3)N2)CCc2ccc(-n3c4ccccc4c4cc5ccccc5cc43)cc21. The van der Waals surface area contributed by atoms with Crippen molar-refractivity contribution in [3.05, 3.63) is 131 Å². The second kappa shape index (κ2) is 8.67. The number of aromatic nitrogens is 1. The van der Waals surface area contributed by atoms with Gasteiger partial charge in [0, 0.05) is 16.5 Å². The predicted octanol–water partition coefficient (Wildman–Crippen LogP) is 6.99. The van der Waals surface area contributed by atoms with Gasteiger partial charge in [-0.05, 0) is 76.2 Å². The van der Waals surface area contributed by atoms with Crippen LogP contribution in [0.4, 0.5) is 0 Å². The summed E-state index contributed by atoms with van der Waals surface area (Å²) in [7, 11) is 0. The van der Waals surface area contributed by atoms with E-state index >= 15 is 0 Å². The fraction of sp³-hybridized carbons (Fsp3) is 0.118. The molecule has 1 aromatic heterocycles. The predicted molar refractivity (Wildman–Crippen MR) is 157 cm³/mol. The number of fused-ring (bicyclic) bond motifs is 5. The standard InChI is InChI=1S/C34H28N4/c1-2-8-23(9-3-1)33-35-34(37-36-33)26-15-14-22-16-17-28(19-27(22)18-26)38-31-13-7-6-12-29(31)30-20-24-10-4-5-11-25(24)21-32(30)38/h1-13,16-21,33-37H,14-15H2. The van der Waals surface area contributed by atoms with Crippen molar-refractivity contribution in [2.45, 2.75) is 25.2 Å². The van der Waals surface area contributed by atoms with Gasteiger partial charge in [-0.2, -0.15) is 0 Å². The van der Waals surface area contributed by atoms with E-state index in [4.69, 9.17) is 0 Å². The molecule has 38 heavy (non-hydrogen) atoms. The van der Waals surface area contributed by atoms with Crippen LogP contribution in [0.2, 0.25) is 0 Å². The third kappa shape index (κ3) is 3.50. The van der Waals surface area contributed by atoms with Crippen molar-refractivity contribution in [1.29, 1.82) is 0 Å². The van der Waals surface area contributed by atoms with Crippen LogP contribution in [0.15, 0.2) is 115 Å². The van der Waals surface area contributed by atoms with Crippen LogP contribution in [0.5, 0.6) is 0 Å². The molecule has 8 rings (SSSR count). The van der Waals surface area contributed by atoms with E-state index in [0.29, 0.717) is 0 Å². The number of hydrogen-bond donors (Lipinski definition) is 3. The monoisotopic (exact) mass is 492 g/mol. The Morgan fingerprint density at radius 3 is 2.26 bits per heavy atom. The van der Waals surface area contributed by atoms with Gasteiger partial charge >= 0.3 is 0 Å². The summed E-state index contributed by atoms with van der Waals surface area (Å²) in [5.74, 6) is 0. The van der Waals surface area contributed by atoms with Crippen LogP contribution < -0.4 is 16.2 Å². The van der Waals surface area contributed by atoms with Crippen molar-refractivity contribution in [2.75, 3.05) is 0 Å². The third-order valence-electron chi connectivity index (χ3n) is 8.16. The zero-order chi connectivity index (χ0) is 25.1. The molecule has 4 heteroatoms. The molecule has 0 saturated carbocycles. The van der Waals surface area contributed by atoms with Crippen molar-refractivity contribution in [3.8, 4) is 5.69 Å². The Morgan fingerprint density at radius 2 is 1.37 bits per heavy atom. The van der Waals surface area contributed by atoms with E-state index < -0.39 is 0 Å². The molecule has 0 radical (unpaired) electrons. The van der Waals surface area contributed by atoms with Crippen LogP contribution in [0.3, 0.4) is 0 Å². The maximum atomic E-state index is 3.72. The highest BCUT2D eigenvalue weighted by atomic mass is 15.5. The molecule has 2 unspecified atom stereocenters. The van der Waals surface area contributed by atoms with Gasteiger partial charge in [0.2, 0.25) is 0 Å². The molecule has 1 fully saturated rings. The number of rotatable bonds is 3. The van der Waals surface area contributed by atoms with Crippen molar-refractivity contribution in [2.24, 2.45) is 0 Å². The summed E-state index contributed by atoms with van der Waals surface area (Å²) in [6.07, 6.45) is 4.68. The van der Waals surface area contributed by atoms with Crippen molar-refractivity contribution >= 4 is 38.7 Å². The Balaban J connectivity index is 1.22. The summed E-state index contributed by atoms with van der Waals surface area (Å²) >= 11 is 0. The first-order chi connectivity index (χ1) is 18.8. The Morgan fingerprint density at radius 1 is 0.605 bits per heavy atom. The highest BCUT2D eigenvalue weighted by Gasteiger charge is 2.28. The number of aryl methyl sites for hydroxylation is 1. The summed E-state index contributed by atoms with van der Waals surface area (Å²) in [6, 6.07) is 39.6. The molecule has 2 aliphatic rings. The molecule has 184 valence electrons. The summed E-state index contributed by atoms with van der Waals surface area (Å²) in [4.78, 5) is 0. The molecule has 1 aliphatic heterocycles. The topological polar surface area (TPSA) is 41.0 Å². The number of hydrogen-bond acceptors (Lipinski definition) is 3. The highest BCUT2D eigenvalue weighted by Crippen LogP contribution is 2.36. The van der Waals surface area contributed by atoms with Gasteiger partial charge < -0.3 is 4.57 Å². The van der Waals surface area contributed by atoms with Gasteiger partial charge in [0.15, 0.2) is 0 Å². The lowest BCUT2D eigenvalue weighted by atomic mass is 9.90. The Hall–Kier alpha value is -4.22. The van der Waals surface area contributed by atoms with Gasteiger partial charge in [0.1, 0.15) is 0 Å². The second-order valence-corrected chi connectivity index (χ2v) is 10.4. The third-order valence-corrected chi connectivity index (χ3v) is 8.16. The first-order valence-electron chi connectivity index (χ1n) is 13.4. The summed E-state index contributed by atoms with van der Waals surface area (Å²) in [5, 5.41) is 8.85. The number of nitrogens with one attached hydrogen (secondary N) is 3. The molecular weight excluding hydrogens is 464 g/mol. The average Bonchev–Trinajstić information content (AvgIpc) is 3.59. The molecule has 2 heterocycles. The van der Waals surface area contributed by atoms with Gasteiger partial charge in [-0.25, -0.2) is 10.9 Å². The lowest BCUT2D eigenvalue weighted by Gasteiger charge is -2.22. The van der Waals surface area contributed by atoms with Crippen molar-refractivity contribution in [1.82, 2.24) is 20.7 Å². The van der Waals surface area contributed by atoms with E-state index in [1.807, 2.05) is 0 Å². The van der Waals surface area contributed by atoms with Gasteiger partial charge in [0.05, 0.1) is 23.4 Å². The minimum Gasteiger partial charge on any atom is -0.309 e. The minimum absolute atomic E-state index is 0.0993.